The van der Waals surface area contributed by atoms with Crippen LogP contribution in [0.5, 0.6) is 0 Å². The number of guanidine groups is 1. The number of nitrogens with one attached hydrogen (secondary N) is 2. The molecule has 4 N–H and O–H groups in total. The lowest BCUT2D eigenvalue weighted by molar-refractivity contribution is 0.0962. The van der Waals surface area contributed by atoms with Gasteiger partial charge < -0.3 is 10.6 Å². The van der Waals surface area contributed by atoms with Crippen LogP contribution < -0.4 is 11.1 Å². The van der Waals surface area contributed by atoms with Crippen molar-refractivity contribution in [1.82, 2.24) is 20.0 Å². The number of nitrogens with zero attached hydrogens (tertiary/aromatic N) is 3. The van der Waals surface area contributed by atoms with Crippen LogP contribution in [0.4, 0.5) is 0 Å². The molecule has 1 rings (SSSR count). The molecule has 0 spiro atoms. The van der Waals surface area contributed by atoms with E-state index in [0.29, 0.717) is 25.3 Å². The Bertz CT molecular complexity index is 505. The first-order chi connectivity index (χ1) is 9.49. The molecule has 0 atom stereocenters. The van der Waals surface area contributed by atoms with Crippen LogP contribution in [0.25, 0.3) is 0 Å². The smallest absolute Gasteiger partial charge is 0.276 e. The van der Waals surface area contributed by atoms with E-state index in [-0.39, 0.29) is 11.9 Å². The molecule has 0 aliphatic carbocycles. The number of carbonyl (C=O) groups excluding carboxylic acids is 1. The van der Waals surface area contributed by atoms with E-state index in [9.17, 15) is 4.79 Å². The van der Waals surface area contributed by atoms with Crippen molar-refractivity contribution in [1.29, 1.82) is 5.41 Å². The number of carbonyl (C=O) groups is 1. The molecule has 1 aromatic heterocycles. The molecule has 20 heavy (non-hydrogen) atoms. The van der Waals surface area contributed by atoms with Gasteiger partial charge in [-0.25, -0.2) is 0 Å². The van der Waals surface area contributed by atoms with Crippen molar-refractivity contribution in [2.75, 3.05) is 20.1 Å². The Morgan fingerprint density at radius 1 is 1.60 bits per heavy atom. The summed E-state index contributed by atoms with van der Waals surface area (Å²) in [6.07, 6.45) is 3.66. The first-order valence-corrected chi connectivity index (χ1v) is 6.50. The van der Waals surface area contributed by atoms with Crippen LogP contribution in [0, 0.1) is 12.3 Å². The molecule has 0 saturated heterocycles. The van der Waals surface area contributed by atoms with Crippen LogP contribution in [0.1, 0.15) is 23.1 Å². The van der Waals surface area contributed by atoms with Gasteiger partial charge in [0.1, 0.15) is 5.69 Å². The second-order valence-corrected chi connectivity index (χ2v) is 4.38. The highest BCUT2D eigenvalue weighted by atomic mass is 16.2. The molecule has 0 bridgehead atoms. The summed E-state index contributed by atoms with van der Waals surface area (Å²) in [5.41, 5.74) is 6.58. The maximum Gasteiger partial charge on any atom is 0.276 e. The van der Waals surface area contributed by atoms with Gasteiger partial charge in [-0.05, 0) is 19.9 Å². The minimum atomic E-state index is -0.327. The van der Waals surface area contributed by atoms with Crippen LogP contribution in [-0.2, 0) is 6.54 Å². The second-order valence-electron chi connectivity index (χ2n) is 4.38. The summed E-state index contributed by atoms with van der Waals surface area (Å²) >= 11 is 0. The molecule has 7 heteroatoms. The van der Waals surface area contributed by atoms with Crippen LogP contribution >= 0.6 is 0 Å². The molecular weight excluding hydrogens is 256 g/mol. The molecule has 1 amide bonds. The van der Waals surface area contributed by atoms with Crippen LogP contribution in [0.15, 0.2) is 18.2 Å². The van der Waals surface area contributed by atoms with E-state index < -0.39 is 0 Å². The zero-order valence-electron chi connectivity index (χ0n) is 12.2. The SMILES string of the molecule is CCn1nc(C)cc1C(=O)NC(=N)N(C)C/C=C/CN. The molecule has 0 aliphatic heterocycles. The lowest BCUT2D eigenvalue weighted by Gasteiger charge is -2.18. The predicted molar refractivity (Wildman–Crippen MR) is 78.7 cm³/mol. The van der Waals surface area contributed by atoms with E-state index in [2.05, 4.69) is 10.4 Å². The summed E-state index contributed by atoms with van der Waals surface area (Å²) in [5, 5.41) is 14.6. The predicted octanol–water partition coefficient (Wildman–Crippen LogP) is 0.323. The van der Waals surface area contributed by atoms with Crippen LogP contribution in [0.3, 0.4) is 0 Å². The first-order valence-electron chi connectivity index (χ1n) is 6.50. The maximum absolute atomic E-state index is 12.1. The van der Waals surface area contributed by atoms with Gasteiger partial charge in [-0.1, -0.05) is 12.2 Å². The van der Waals surface area contributed by atoms with Gasteiger partial charge in [-0.15, -0.1) is 0 Å². The van der Waals surface area contributed by atoms with Gasteiger partial charge >= 0.3 is 0 Å². The van der Waals surface area contributed by atoms with E-state index in [1.165, 1.54) is 0 Å². The Hall–Kier alpha value is -2.15. The fourth-order valence-electron chi connectivity index (χ4n) is 1.66. The zero-order valence-corrected chi connectivity index (χ0v) is 12.2. The first kappa shape index (κ1) is 15.9. The number of likely N-dealkylation sites (N-methyl/N-ethyl adjacent to an activating group) is 1. The number of aryl methyl sites for hydroxylation is 2. The van der Waals surface area contributed by atoms with Crippen molar-refractivity contribution in [3.8, 4) is 0 Å². The minimum Gasteiger partial charge on any atom is -0.342 e. The van der Waals surface area contributed by atoms with E-state index in [1.54, 1.807) is 28.8 Å². The minimum absolute atomic E-state index is 0.0400. The molecule has 7 nitrogen and oxygen atoms in total. The van der Waals surface area contributed by atoms with Crippen molar-refractivity contribution >= 4 is 11.9 Å². The number of rotatable bonds is 5. The highest BCUT2D eigenvalue weighted by Gasteiger charge is 2.15. The summed E-state index contributed by atoms with van der Waals surface area (Å²) in [6, 6.07) is 1.71. The number of amides is 1. The van der Waals surface area contributed by atoms with Gasteiger partial charge in [0.25, 0.3) is 5.91 Å². The number of nitrogens with two attached hydrogens (primary N) is 1. The highest BCUT2D eigenvalue weighted by Crippen LogP contribution is 2.03. The average molecular weight is 278 g/mol. The molecule has 0 saturated carbocycles. The Kier molecular flexibility index (Phi) is 5.92. The molecule has 0 unspecified atom stereocenters. The molecular formula is C13H22N6O. The third kappa shape index (κ3) is 4.20. The van der Waals surface area contributed by atoms with E-state index in [0.717, 1.165) is 5.69 Å². The van der Waals surface area contributed by atoms with E-state index >= 15 is 0 Å². The van der Waals surface area contributed by atoms with Crippen molar-refractivity contribution in [2.24, 2.45) is 5.73 Å². The molecule has 1 aromatic rings. The normalized spacial score (nSPS) is 10.8. The number of hydrogen-bond donors (Lipinski definition) is 3. The van der Waals surface area contributed by atoms with Crippen molar-refractivity contribution in [2.45, 2.75) is 20.4 Å². The largest absolute Gasteiger partial charge is 0.342 e. The standard InChI is InChI=1S/C13H22N6O/c1-4-19-11(9-10(2)17-19)12(20)16-13(15)18(3)8-6-5-7-14/h5-6,9H,4,7-8,14H2,1-3H3,(H2,15,16,20)/b6-5+. The zero-order chi connectivity index (χ0) is 15.1. The van der Waals surface area contributed by atoms with E-state index in [1.807, 2.05) is 19.9 Å². The molecule has 0 aromatic carbocycles. The molecule has 1 heterocycles. The Balaban J connectivity index is 2.65. The maximum atomic E-state index is 12.1. The average Bonchev–Trinajstić information content (AvgIpc) is 2.80. The van der Waals surface area contributed by atoms with Gasteiger partial charge in [0.15, 0.2) is 5.96 Å². The van der Waals surface area contributed by atoms with Crippen molar-refractivity contribution in [3.63, 3.8) is 0 Å². The fraction of sp³-hybridized carbons (Fsp3) is 0.462. The van der Waals surface area contributed by atoms with Crippen LogP contribution in [-0.4, -0.2) is 46.7 Å². The lowest BCUT2D eigenvalue weighted by Crippen LogP contribution is -2.42. The highest BCUT2D eigenvalue weighted by molar-refractivity contribution is 6.03. The molecule has 0 fully saturated rings. The number of hydrogen-bond acceptors (Lipinski definition) is 4. The molecule has 110 valence electrons. The summed E-state index contributed by atoms with van der Waals surface area (Å²) < 4.78 is 1.62. The van der Waals surface area contributed by atoms with Gasteiger partial charge in [0, 0.05) is 26.7 Å². The Labute approximate surface area is 118 Å². The Morgan fingerprint density at radius 3 is 2.90 bits per heavy atom. The van der Waals surface area contributed by atoms with Crippen molar-refractivity contribution in [3.05, 3.63) is 29.6 Å². The van der Waals surface area contributed by atoms with Gasteiger partial charge in [0.2, 0.25) is 0 Å². The topological polar surface area (TPSA) is 100 Å². The van der Waals surface area contributed by atoms with Gasteiger partial charge in [0.05, 0.1) is 5.69 Å². The third-order valence-corrected chi connectivity index (χ3v) is 2.73. The lowest BCUT2D eigenvalue weighted by atomic mass is 10.3. The number of aromatic nitrogens is 2. The summed E-state index contributed by atoms with van der Waals surface area (Å²) in [7, 11) is 1.73. The quantitative estimate of drug-likeness (QED) is 0.410. The van der Waals surface area contributed by atoms with Crippen LogP contribution in [0.2, 0.25) is 0 Å². The fourth-order valence-corrected chi connectivity index (χ4v) is 1.66. The Morgan fingerprint density at radius 2 is 2.30 bits per heavy atom. The summed E-state index contributed by atoms with van der Waals surface area (Å²) in [5.74, 6) is -0.287. The van der Waals surface area contributed by atoms with Gasteiger partial charge in [-0.3, -0.25) is 20.2 Å². The molecule has 0 radical (unpaired) electrons. The second kappa shape index (κ2) is 7.44. The molecule has 0 aliphatic rings. The monoisotopic (exact) mass is 278 g/mol. The van der Waals surface area contributed by atoms with E-state index in [4.69, 9.17) is 11.1 Å². The third-order valence-electron chi connectivity index (χ3n) is 2.73. The summed E-state index contributed by atoms with van der Waals surface area (Å²) in [4.78, 5) is 13.7. The van der Waals surface area contributed by atoms with Crippen molar-refractivity contribution < 1.29 is 4.79 Å². The summed E-state index contributed by atoms with van der Waals surface area (Å²) in [6.45, 7) is 5.33. The van der Waals surface area contributed by atoms with Gasteiger partial charge in [-0.2, -0.15) is 5.10 Å².